The van der Waals surface area contributed by atoms with E-state index in [-0.39, 0.29) is 23.3 Å². The maximum atomic E-state index is 13.3. The van der Waals surface area contributed by atoms with Crippen molar-refractivity contribution >= 4 is 21.9 Å². The number of rotatable bonds is 9. The second kappa shape index (κ2) is 10.9. The number of amides is 1. The van der Waals surface area contributed by atoms with E-state index in [9.17, 15) is 18.0 Å². The van der Waals surface area contributed by atoms with Crippen molar-refractivity contribution in [2.75, 3.05) is 33.3 Å². The highest BCUT2D eigenvalue weighted by atomic mass is 32.2. The van der Waals surface area contributed by atoms with Crippen LogP contribution in [0.1, 0.15) is 61.9 Å². The van der Waals surface area contributed by atoms with Crippen molar-refractivity contribution in [1.29, 1.82) is 0 Å². The molecular weight excluding hydrogens is 404 g/mol. The van der Waals surface area contributed by atoms with Crippen LogP contribution in [0.2, 0.25) is 0 Å². The first-order chi connectivity index (χ1) is 14.2. The number of ether oxygens (including phenoxy) is 1. The van der Waals surface area contributed by atoms with Crippen LogP contribution >= 0.6 is 0 Å². The lowest BCUT2D eigenvalue weighted by atomic mass is 10.0. The highest BCUT2D eigenvalue weighted by Gasteiger charge is 2.29. The molecular formula is C22H34N2O5S. The van der Waals surface area contributed by atoms with E-state index in [1.165, 1.54) is 22.4 Å². The van der Waals surface area contributed by atoms with Crippen molar-refractivity contribution in [2.24, 2.45) is 5.92 Å². The fourth-order valence-electron chi connectivity index (χ4n) is 3.71. The number of hydrogen-bond donors (Lipinski definition) is 0. The summed E-state index contributed by atoms with van der Waals surface area (Å²) in [6, 6.07) is 4.68. The van der Waals surface area contributed by atoms with E-state index in [4.69, 9.17) is 4.74 Å². The fourth-order valence-corrected chi connectivity index (χ4v) is 5.26. The van der Waals surface area contributed by atoms with Crippen molar-refractivity contribution in [3.8, 4) is 0 Å². The predicted octanol–water partition coefficient (Wildman–Crippen LogP) is 3.22. The molecule has 1 aliphatic rings. The van der Waals surface area contributed by atoms with Crippen LogP contribution in [0.4, 0.5) is 0 Å². The zero-order valence-electron chi connectivity index (χ0n) is 18.5. The number of carbonyl (C=O) groups excluding carboxylic acids is 2. The predicted molar refractivity (Wildman–Crippen MR) is 116 cm³/mol. The number of piperidine rings is 1. The van der Waals surface area contributed by atoms with Crippen LogP contribution in [0.3, 0.4) is 0 Å². The Kier molecular flexibility index (Phi) is 8.85. The van der Waals surface area contributed by atoms with E-state index in [2.05, 4.69) is 0 Å². The summed E-state index contributed by atoms with van der Waals surface area (Å²) in [6.07, 6.45) is 4.48. The van der Waals surface area contributed by atoms with E-state index in [1.54, 1.807) is 19.1 Å². The number of sulfonamides is 1. The summed E-state index contributed by atoms with van der Waals surface area (Å²) in [5, 5.41) is 0. The minimum Gasteiger partial charge on any atom is -0.468 e. The smallest absolute Gasteiger partial charge is 0.325 e. The second-order valence-electron chi connectivity index (χ2n) is 7.89. The van der Waals surface area contributed by atoms with E-state index in [0.29, 0.717) is 30.8 Å². The first-order valence-electron chi connectivity index (χ1n) is 10.7. The third kappa shape index (κ3) is 5.82. The first kappa shape index (κ1) is 24.3. The zero-order valence-corrected chi connectivity index (χ0v) is 19.3. The van der Waals surface area contributed by atoms with Crippen LogP contribution in [0.25, 0.3) is 0 Å². The Labute approximate surface area is 180 Å². The van der Waals surface area contributed by atoms with Crippen molar-refractivity contribution in [1.82, 2.24) is 9.21 Å². The third-order valence-corrected chi connectivity index (χ3v) is 7.76. The molecule has 1 aromatic rings. The summed E-state index contributed by atoms with van der Waals surface area (Å²) in [5.74, 6) is -0.594. The van der Waals surface area contributed by atoms with E-state index >= 15 is 0 Å². The summed E-state index contributed by atoms with van der Waals surface area (Å²) in [4.78, 5) is 26.9. The van der Waals surface area contributed by atoms with Crippen LogP contribution in [0.5, 0.6) is 0 Å². The Balaban J connectivity index is 2.37. The molecule has 0 N–H and O–H groups in total. The fraction of sp³-hybridized carbons (Fsp3) is 0.636. The molecule has 7 nitrogen and oxygen atoms in total. The molecule has 1 aliphatic heterocycles. The molecule has 0 radical (unpaired) electrons. The summed E-state index contributed by atoms with van der Waals surface area (Å²) < 4.78 is 32.4. The van der Waals surface area contributed by atoms with Gasteiger partial charge >= 0.3 is 5.97 Å². The standard InChI is InChI=1S/C22H34N2O5S/c1-5-18(6-2)15-23(16-21(25)29-4)22(26)20-14-19(11-10-17(20)3)30(27,28)24-12-8-7-9-13-24/h10-11,14,18H,5-9,12-13,15-16H2,1-4H3. The van der Waals surface area contributed by atoms with Gasteiger partial charge in [-0.25, -0.2) is 8.42 Å². The van der Waals surface area contributed by atoms with Gasteiger partial charge in [0.05, 0.1) is 12.0 Å². The molecule has 0 unspecified atom stereocenters. The van der Waals surface area contributed by atoms with E-state index < -0.39 is 16.0 Å². The topological polar surface area (TPSA) is 84.0 Å². The molecule has 30 heavy (non-hydrogen) atoms. The molecule has 0 bridgehead atoms. The van der Waals surface area contributed by atoms with Crippen molar-refractivity contribution < 1.29 is 22.7 Å². The minimum absolute atomic E-state index is 0.124. The lowest BCUT2D eigenvalue weighted by Crippen LogP contribution is -2.40. The highest BCUT2D eigenvalue weighted by molar-refractivity contribution is 7.89. The van der Waals surface area contributed by atoms with Gasteiger partial charge in [0.2, 0.25) is 10.0 Å². The molecule has 2 rings (SSSR count). The third-order valence-electron chi connectivity index (χ3n) is 5.86. The monoisotopic (exact) mass is 438 g/mol. The summed E-state index contributed by atoms with van der Waals surface area (Å²) in [7, 11) is -2.36. The van der Waals surface area contributed by atoms with Crippen LogP contribution in [-0.4, -0.2) is 62.8 Å². The molecule has 8 heteroatoms. The molecule has 0 atom stereocenters. The zero-order chi connectivity index (χ0) is 22.3. The molecule has 0 aliphatic carbocycles. The Morgan fingerprint density at radius 2 is 1.77 bits per heavy atom. The molecule has 1 saturated heterocycles. The summed E-state index contributed by atoms with van der Waals surface area (Å²) in [5.41, 5.74) is 0.986. The molecule has 1 amide bonds. The van der Waals surface area contributed by atoms with Gasteiger partial charge in [-0.15, -0.1) is 0 Å². The van der Waals surface area contributed by atoms with Gasteiger partial charge in [0.1, 0.15) is 6.54 Å². The molecule has 168 valence electrons. The quantitative estimate of drug-likeness (QED) is 0.553. The van der Waals surface area contributed by atoms with Gasteiger partial charge in [0, 0.05) is 25.2 Å². The second-order valence-corrected chi connectivity index (χ2v) is 9.82. The van der Waals surface area contributed by atoms with Crippen molar-refractivity contribution in [3.63, 3.8) is 0 Å². The Morgan fingerprint density at radius 1 is 1.13 bits per heavy atom. The van der Waals surface area contributed by atoms with Gasteiger partial charge in [-0.2, -0.15) is 4.31 Å². The van der Waals surface area contributed by atoms with Crippen LogP contribution in [-0.2, 0) is 19.6 Å². The maximum absolute atomic E-state index is 13.3. The molecule has 0 spiro atoms. The number of carbonyl (C=O) groups is 2. The normalized spacial score (nSPS) is 15.2. The molecule has 1 fully saturated rings. The molecule has 1 aromatic carbocycles. The Morgan fingerprint density at radius 3 is 2.33 bits per heavy atom. The van der Waals surface area contributed by atoms with Gasteiger partial charge in [-0.1, -0.05) is 39.2 Å². The van der Waals surface area contributed by atoms with Crippen molar-refractivity contribution in [2.45, 2.75) is 57.8 Å². The van der Waals surface area contributed by atoms with Gasteiger partial charge in [-0.3, -0.25) is 9.59 Å². The summed E-state index contributed by atoms with van der Waals surface area (Å²) >= 11 is 0. The summed E-state index contributed by atoms with van der Waals surface area (Å²) in [6.45, 7) is 7.14. The maximum Gasteiger partial charge on any atom is 0.325 e. The Bertz CT molecular complexity index is 843. The Hall–Kier alpha value is -1.93. The van der Waals surface area contributed by atoms with Gasteiger partial charge in [-0.05, 0) is 43.4 Å². The first-order valence-corrected chi connectivity index (χ1v) is 12.1. The SMILES string of the molecule is CCC(CC)CN(CC(=O)OC)C(=O)c1cc(S(=O)(=O)N2CCCCC2)ccc1C. The van der Waals surface area contributed by atoms with Gasteiger partial charge in [0.25, 0.3) is 5.91 Å². The molecule has 1 heterocycles. The number of methoxy groups -OCH3 is 1. The number of hydrogen-bond acceptors (Lipinski definition) is 5. The van der Waals surface area contributed by atoms with Gasteiger partial charge in [0.15, 0.2) is 0 Å². The van der Waals surface area contributed by atoms with Crippen LogP contribution in [0, 0.1) is 12.8 Å². The molecule has 0 saturated carbocycles. The van der Waals surface area contributed by atoms with Gasteiger partial charge < -0.3 is 9.64 Å². The minimum atomic E-state index is -3.65. The average molecular weight is 439 g/mol. The van der Waals surface area contributed by atoms with E-state index in [1.807, 2.05) is 13.8 Å². The van der Waals surface area contributed by atoms with E-state index in [0.717, 1.165) is 32.1 Å². The van der Waals surface area contributed by atoms with Crippen LogP contribution < -0.4 is 0 Å². The lowest BCUT2D eigenvalue weighted by Gasteiger charge is -2.28. The number of esters is 1. The largest absolute Gasteiger partial charge is 0.468 e. The molecule has 0 aromatic heterocycles. The number of aryl methyl sites for hydroxylation is 1. The van der Waals surface area contributed by atoms with Crippen LogP contribution in [0.15, 0.2) is 23.1 Å². The number of nitrogens with zero attached hydrogens (tertiary/aromatic N) is 2. The highest BCUT2D eigenvalue weighted by Crippen LogP contribution is 2.24. The average Bonchev–Trinajstić information content (AvgIpc) is 2.76. The van der Waals surface area contributed by atoms with Crippen molar-refractivity contribution in [3.05, 3.63) is 29.3 Å². The lowest BCUT2D eigenvalue weighted by molar-refractivity contribution is -0.141. The number of benzene rings is 1.